The summed E-state index contributed by atoms with van der Waals surface area (Å²) in [6.45, 7) is -0.535. The predicted octanol–water partition coefficient (Wildman–Crippen LogP) is 2.28. The van der Waals surface area contributed by atoms with Crippen molar-refractivity contribution in [2.75, 3.05) is 6.61 Å². The molecule has 3 rings (SSSR count). The van der Waals surface area contributed by atoms with Gasteiger partial charge in [0.25, 0.3) is 11.8 Å². The standard InChI is InChI=1S/C18H14N2O4/c21-16(20-17(22)12-6-2-1-3-7-12)11-24-18(23)15-10-13-8-4-5-9-14(13)19-15/h1-10,19H,11H2,(H,20,21,22). The number of hydrogen-bond donors (Lipinski definition) is 2. The Bertz CT molecular complexity index is 867. The van der Waals surface area contributed by atoms with Crippen LogP contribution >= 0.6 is 0 Å². The second-order valence-corrected chi connectivity index (χ2v) is 5.09. The lowest BCUT2D eigenvalue weighted by molar-refractivity contribution is -0.123. The molecule has 0 spiro atoms. The second-order valence-electron chi connectivity index (χ2n) is 5.09. The number of nitrogens with one attached hydrogen (secondary N) is 2. The van der Waals surface area contributed by atoms with Gasteiger partial charge in [-0.3, -0.25) is 14.9 Å². The lowest BCUT2D eigenvalue weighted by Gasteiger charge is -2.05. The van der Waals surface area contributed by atoms with Gasteiger partial charge < -0.3 is 9.72 Å². The number of ether oxygens (including phenoxy) is 1. The van der Waals surface area contributed by atoms with E-state index in [4.69, 9.17) is 4.74 Å². The quantitative estimate of drug-likeness (QED) is 0.721. The van der Waals surface area contributed by atoms with Crippen LogP contribution in [-0.2, 0) is 9.53 Å². The van der Waals surface area contributed by atoms with E-state index in [1.807, 2.05) is 24.3 Å². The zero-order chi connectivity index (χ0) is 16.9. The number of rotatable bonds is 4. The summed E-state index contributed by atoms with van der Waals surface area (Å²) in [7, 11) is 0. The van der Waals surface area contributed by atoms with Gasteiger partial charge in [-0.25, -0.2) is 4.79 Å². The van der Waals surface area contributed by atoms with Crippen molar-refractivity contribution in [3.63, 3.8) is 0 Å². The third-order valence-electron chi connectivity index (χ3n) is 3.37. The molecule has 0 bridgehead atoms. The van der Waals surface area contributed by atoms with E-state index in [-0.39, 0.29) is 5.69 Å². The molecular weight excluding hydrogens is 308 g/mol. The molecule has 2 amide bonds. The molecule has 0 aliphatic rings. The molecule has 3 aromatic rings. The number of amides is 2. The molecule has 0 atom stereocenters. The third kappa shape index (κ3) is 3.49. The van der Waals surface area contributed by atoms with Gasteiger partial charge in [-0.2, -0.15) is 0 Å². The maximum Gasteiger partial charge on any atom is 0.355 e. The lowest BCUT2D eigenvalue weighted by Crippen LogP contribution is -2.34. The molecule has 0 saturated heterocycles. The zero-order valence-electron chi connectivity index (χ0n) is 12.6. The summed E-state index contributed by atoms with van der Waals surface area (Å²) in [5.74, 6) is -1.89. The largest absolute Gasteiger partial charge is 0.451 e. The number of imide groups is 1. The van der Waals surface area contributed by atoms with Crippen molar-refractivity contribution in [2.24, 2.45) is 0 Å². The fraction of sp³-hybridized carbons (Fsp3) is 0.0556. The number of H-pyrrole nitrogens is 1. The number of aromatic amines is 1. The Morgan fingerprint density at radius 2 is 1.67 bits per heavy atom. The second kappa shape index (κ2) is 6.78. The van der Waals surface area contributed by atoms with Crippen molar-refractivity contribution in [1.29, 1.82) is 0 Å². The van der Waals surface area contributed by atoms with Crippen LogP contribution in [0.5, 0.6) is 0 Å². The van der Waals surface area contributed by atoms with E-state index in [1.54, 1.807) is 36.4 Å². The molecule has 6 nitrogen and oxygen atoms in total. The first kappa shape index (κ1) is 15.5. The average Bonchev–Trinajstić information content (AvgIpc) is 3.04. The van der Waals surface area contributed by atoms with Crippen molar-refractivity contribution in [3.05, 3.63) is 71.9 Å². The number of carbonyl (C=O) groups is 3. The van der Waals surface area contributed by atoms with Gasteiger partial charge in [0.2, 0.25) is 0 Å². The Morgan fingerprint density at radius 1 is 0.958 bits per heavy atom. The van der Waals surface area contributed by atoms with Crippen molar-refractivity contribution < 1.29 is 19.1 Å². The van der Waals surface area contributed by atoms with Crippen LogP contribution in [0.4, 0.5) is 0 Å². The summed E-state index contributed by atoms with van der Waals surface area (Å²) in [4.78, 5) is 38.4. The van der Waals surface area contributed by atoms with E-state index in [2.05, 4.69) is 10.3 Å². The minimum atomic E-state index is -0.687. The third-order valence-corrected chi connectivity index (χ3v) is 3.37. The number of fused-ring (bicyclic) bond motifs is 1. The molecule has 0 fully saturated rings. The molecule has 0 radical (unpaired) electrons. The summed E-state index contributed by atoms with van der Waals surface area (Å²) in [5, 5.41) is 3.03. The SMILES string of the molecule is O=C(COC(=O)c1cc2ccccc2[nH]1)NC(=O)c1ccccc1. The average molecular weight is 322 g/mol. The van der Waals surface area contributed by atoms with E-state index in [9.17, 15) is 14.4 Å². The highest BCUT2D eigenvalue weighted by Crippen LogP contribution is 2.15. The topological polar surface area (TPSA) is 88.3 Å². The molecule has 2 N–H and O–H groups in total. The van der Waals surface area contributed by atoms with E-state index < -0.39 is 24.4 Å². The van der Waals surface area contributed by atoms with Crippen molar-refractivity contribution in [1.82, 2.24) is 10.3 Å². The van der Waals surface area contributed by atoms with Crippen LogP contribution in [-0.4, -0.2) is 29.4 Å². The molecule has 6 heteroatoms. The monoisotopic (exact) mass is 322 g/mol. The van der Waals surface area contributed by atoms with Crippen molar-refractivity contribution in [2.45, 2.75) is 0 Å². The van der Waals surface area contributed by atoms with Crippen molar-refractivity contribution in [3.8, 4) is 0 Å². The Balaban J connectivity index is 1.56. The zero-order valence-corrected chi connectivity index (χ0v) is 12.6. The minimum absolute atomic E-state index is 0.249. The molecule has 0 aliphatic heterocycles. The number of hydrogen-bond acceptors (Lipinski definition) is 4. The highest BCUT2D eigenvalue weighted by atomic mass is 16.5. The molecular formula is C18H14N2O4. The van der Waals surface area contributed by atoms with E-state index in [0.717, 1.165) is 10.9 Å². The number of aromatic nitrogens is 1. The Labute approximate surface area is 137 Å². The lowest BCUT2D eigenvalue weighted by atomic mass is 10.2. The fourth-order valence-electron chi connectivity index (χ4n) is 2.22. The molecule has 0 aliphatic carbocycles. The summed E-state index contributed by atoms with van der Waals surface area (Å²) in [6, 6.07) is 17.3. The van der Waals surface area contributed by atoms with Crippen LogP contribution in [0.1, 0.15) is 20.8 Å². The van der Waals surface area contributed by atoms with Crippen LogP contribution in [0.3, 0.4) is 0 Å². The molecule has 0 saturated carbocycles. The maximum absolute atomic E-state index is 12.0. The normalized spacial score (nSPS) is 10.3. The van der Waals surface area contributed by atoms with Gasteiger partial charge in [-0.05, 0) is 24.3 Å². The molecule has 2 aromatic carbocycles. The smallest absolute Gasteiger partial charge is 0.355 e. The fourth-order valence-corrected chi connectivity index (χ4v) is 2.22. The molecule has 1 aromatic heterocycles. The molecule has 24 heavy (non-hydrogen) atoms. The maximum atomic E-state index is 12.0. The van der Waals surface area contributed by atoms with Crippen molar-refractivity contribution >= 4 is 28.7 Å². The van der Waals surface area contributed by atoms with Crippen LogP contribution in [0.2, 0.25) is 0 Å². The summed E-state index contributed by atoms with van der Waals surface area (Å²) < 4.78 is 4.92. The van der Waals surface area contributed by atoms with Gasteiger partial charge in [-0.15, -0.1) is 0 Å². The first-order valence-electron chi connectivity index (χ1n) is 7.27. The highest BCUT2D eigenvalue weighted by molar-refractivity contribution is 6.05. The number of para-hydroxylation sites is 1. The van der Waals surface area contributed by atoms with E-state index in [1.165, 1.54) is 0 Å². The molecule has 1 heterocycles. The van der Waals surface area contributed by atoms with Crippen LogP contribution in [0.15, 0.2) is 60.7 Å². The van der Waals surface area contributed by atoms with E-state index >= 15 is 0 Å². The molecule has 0 unspecified atom stereocenters. The van der Waals surface area contributed by atoms with Crippen LogP contribution < -0.4 is 5.32 Å². The Morgan fingerprint density at radius 3 is 2.42 bits per heavy atom. The summed E-state index contributed by atoms with van der Waals surface area (Å²) in [6.07, 6.45) is 0. The van der Waals surface area contributed by atoms with E-state index in [0.29, 0.717) is 5.56 Å². The number of carbonyl (C=O) groups excluding carboxylic acids is 3. The minimum Gasteiger partial charge on any atom is -0.451 e. The summed E-state index contributed by atoms with van der Waals surface area (Å²) >= 11 is 0. The highest BCUT2D eigenvalue weighted by Gasteiger charge is 2.15. The van der Waals surface area contributed by atoms with Gasteiger partial charge in [0.15, 0.2) is 6.61 Å². The Hall–Kier alpha value is -3.41. The molecule has 120 valence electrons. The first-order chi connectivity index (χ1) is 11.6. The first-order valence-corrected chi connectivity index (χ1v) is 7.27. The van der Waals surface area contributed by atoms with Crippen LogP contribution in [0.25, 0.3) is 10.9 Å². The van der Waals surface area contributed by atoms with Gasteiger partial charge in [0.05, 0.1) is 0 Å². The van der Waals surface area contributed by atoms with Gasteiger partial charge in [0, 0.05) is 16.5 Å². The number of benzene rings is 2. The summed E-state index contributed by atoms with van der Waals surface area (Å²) in [5.41, 5.74) is 1.40. The number of esters is 1. The van der Waals surface area contributed by atoms with Gasteiger partial charge in [-0.1, -0.05) is 36.4 Å². The van der Waals surface area contributed by atoms with Gasteiger partial charge in [0.1, 0.15) is 5.69 Å². The van der Waals surface area contributed by atoms with Gasteiger partial charge >= 0.3 is 5.97 Å². The predicted molar refractivity (Wildman–Crippen MR) is 87.5 cm³/mol. The Kier molecular flexibility index (Phi) is 4.38. The van der Waals surface area contributed by atoms with Crippen LogP contribution in [0, 0.1) is 0 Å².